The van der Waals surface area contributed by atoms with E-state index in [4.69, 9.17) is 4.74 Å². The molecule has 1 saturated heterocycles. The van der Waals surface area contributed by atoms with Gasteiger partial charge < -0.3 is 20.5 Å². The maximum Gasteiger partial charge on any atom is 0.407 e. The summed E-state index contributed by atoms with van der Waals surface area (Å²) in [6, 6.07) is 14.8. The quantitative estimate of drug-likeness (QED) is 0.698. The Morgan fingerprint density at radius 1 is 1.10 bits per heavy atom. The fourth-order valence-electron chi connectivity index (χ4n) is 4.16. The number of amides is 2. The second-order valence-corrected chi connectivity index (χ2v) is 7.37. The lowest BCUT2D eigenvalue weighted by Crippen LogP contribution is -2.43. The van der Waals surface area contributed by atoms with Crippen molar-refractivity contribution < 1.29 is 24.2 Å². The summed E-state index contributed by atoms with van der Waals surface area (Å²) in [7, 11) is 0. The Labute approximate surface area is 168 Å². The molecular weight excluding hydrogens is 372 g/mol. The smallest absolute Gasteiger partial charge is 0.407 e. The lowest BCUT2D eigenvalue weighted by Gasteiger charge is -2.18. The van der Waals surface area contributed by atoms with Gasteiger partial charge in [-0.1, -0.05) is 48.5 Å². The van der Waals surface area contributed by atoms with E-state index >= 15 is 0 Å². The van der Waals surface area contributed by atoms with Crippen LogP contribution in [0.5, 0.6) is 0 Å². The highest BCUT2D eigenvalue weighted by Gasteiger charge is 2.32. The second-order valence-electron chi connectivity index (χ2n) is 7.37. The van der Waals surface area contributed by atoms with Gasteiger partial charge in [-0.25, -0.2) is 9.59 Å². The van der Waals surface area contributed by atoms with Gasteiger partial charge in [0.15, 0.2) is 0 Å². The molecule has 0 saturated carbocycles. The zero-order chi connectivity index (χ0) is 20.4. The summed E-state index contributed by atoms with van der Waals surface area (Å²) in [4.78, 5) is 35.5. The second kappa shape index (κ2) is 7.95. The van der Waals surface area contributed by atoms with Gasteiger partial charge in [0, 0.05) is 18.4 Å². The van der Waals surface area contributed by atoms with E-state index in [1.165, 1.54) is 0 Å². The zero-order valence-electron chi connectivity index (χ0n) is 15.8. The molecule has 2 aromatic rings. The van der Waals surface area contributed by atoms with E-state index in [2.05, 4.69) is 10.6 Å². The number of carboxylic acids is 1. The van der Waals surface area contributed by atoms with Gasteiger partial charge in [-0.3, -0.25) is 4.79 Å². The largest absolute Gasteiger partial charge is 0.480 e. The average Bonchev–Trinajstić information content (AvgIpc) is 3.27. The third-order valence-electron chi connectivity index (χ3n) is 5.62. The number of hydrogen-bond donors (Lipinski definition) is 3. The molecule has 1 aliphatic carbocycles. The number of carboxylic acid groups (broad SMARTS) is 1. The lowest BCUT2D eigenvalue weighted by atomic mass is 9.98. The molecule has 7 nitrogen and oxygen atoms in total. The van der Waals surface area contributed by atoms with Gasteiger partial charge in [0.1, 0.15) is 12.6 Å². The summed E-state index contributed by atoms with van der Waals surface area (Å²) in [6.45, 7) is 0.636. The molecular formula is C22H22N2O5. The van der Waals surface area contributed by atoms with Crippen molar-refractivity contribution in [3.8, 4) is 11.1 Å². The minimum Gasteiger partial charge on any atom is -0.480 e. The molecule has 0 aromatic heterocycles. The molecule has 2 amide bonds. The maximum atomic E-state index is 12.3. The monoisotopic (exact) mass is 394 g/mol. The zero-order valence-corrected chi connectivity index (χ0v) is 15.8. The molecule has 150 valence electrons. The molecule has 1 fully saturated rings. The topological polar surface area (TPSA) is 105 Å². The highest BCUT2D eigenvalue weighted by molar-refractivity contribution is 5.84. The van der Waals surface area contributed by atoms with E-state index < -0.39 is 24.0 Å². The van der Waals surface area contributed by atoms with Crippen molar-refractivity contribution in [1.82, 2.24) is 10.6 Å². The maximum absolute atomic E-state index is 12.3. The number of alkyl carbamates (subject to hydrolysis) is 1. The van der Waals surface area contributed by atoms with Gasteiger partial charge in [-0.15, -0.1) is 0 Å². The highest BCUT2D eigenvalue weighted by atomic mass is 16.5. The molecule has 7 heteroatoms. The van der Waals surface area contributed by atoms with Crippen molar-refractivity contribution in [2.45, 2.75) is 24.8 Å². The van der Waals surface area contributed by atoms with Crippen LogP contribution < -0.4 is 10.6 Å². The summed E-state index contributed by atoms with van der Waals surface area (Å²) in [5, 5.41) is 14.5. The van der Waals surface area contributed by atoms with Crippen LogP contribution in [0.25, 0.3) is 11.1 Å². The Hall–Kier alpha value is -3.35. The van der Waals surface area contributed by atoms with Crippen LogP contribution in [0.2, 0.25) is 0 Å². The lowest BCUT2D eigenvalue weighted by molar-refractivity contribution is -0.140. The van der Waals surface area contributed by atoms with Crippen LogP contribution in [-0.2, 0) is 14.3 Å². The van der Waals surface area contributed by atoms with Crippen molar-refractivity contribution >= 4 is 18.0 Å². The predicted octanol–water partition coefficient (Wildman–Crippen LogP) is 2.50. The van der Waals surface area contributed by atoms with Crippen LogP contribution in [-0.4, -0.2) is 42.3 Å². The standard InChI is InChI=1S/C22H22N2O5/c25-20-13(9-10-23-20)11-19(21(26)27)24-22(28)29-12-18-16-7-3-1-5-14(16)15-6-2-4-8-17(15)18/h1-8,13,18-19H,9-12H2,(H,23,25)(H,24,28)(H,26,27)/t13-,19-/m0/s1. The minimum atomic E-state index is -1.18. The molecule has 4 rings (SSSR count). The third-order valence-corrected chi connectivity index (χ3v) is 5.62. The minimum absolute atomic E-state index is 0.0470. The van der Waals surface area contributed by atoms with E-state index in [-0.39, 0.29) is 24.9 Å². The summed E-state index contributed by atoms with van der Waals surface area (Å²) < 4.78 is 5.40. The van der Waals surface area contributed by atoms with Gasteiger partial charge >= 0.3 is 12.1 Å². The fourth-order valence-corrected chi connectivity index (χ4v) is 4.16. The van der Waals surface area contributed by atoms with Crippen LogP contribution in [0.4, 0.5) is 4.79 Å². The van der Waals surface area contributed by atoms with Crippen molar-refractivity contribution in [3.63, 3.8) is 0 Å². The number of carbonyl (C=O) groups is 3. The van der Waals surface area contributed by atoms with Crippen molar-refractivity contribution in [2.24, 2.45) is 5.92 Å². The van der Waals surface area contributed by atoms with E-state index in [0.29, 0.717) is 13.0 Å². The number of hydrogen-bond acceptors (Lipinski definition) is 4. The van der Waals surface area contributed by atoms with E-state index in [0.717, 1.165) is 22.3 Å². The molecule has 2 aromatic carbocycles. The van der Waals surface area contributed by atoms with Crippen molar-refractivity contribution in [1.29, 1.82) is 0 Å². The Morgan fingerprint density at radius 2 is 1.72 bits per heavy atom. The third kappa shape index (κ3) is 3.81. The molecule has 0 bridgehead atoms. The molecule has 29 heavy (non-hydrogen) atoms. The first kappa shape index (κ1) is 19.0. The Bertz CT molecular complexity index is 912. The number of nitrogens with one attached hydrogen (secondary N) is 2. The molecule has 0 unspecified atom stereocenters. The number of benzene rings is 2. The van der Waals surface area contributed by atoms with Crippen LogP contribution >= 0.6 is 0 Å². The van der Waals surface area contributed by atoms with E-state index in [9.17, 15) is 19.5 Å². The SMILES string of the molecule is O=C(N[C@@H](C[C@@H]1CCNC1=O)C(=O)O)OCC1c2ccccc2-c2ccccc21. The molecule has 0 radical (unpaired) electrons. The number of fused-ring (bicyclic) bond motifs is 3. The van der Waals surface area contributed by atoms with Crippen molar-refractivity contribution in [2.75, 3.05) is 13.2 Å². The number of carbonyl (C=O) groups excluding carboxylic acids is 2. The summed E-state index contributed by atoms with van der Waals surface area (Å²) in [6.07, 6.45) is -0.182. The molecule has 2 aliphatic rings. The average molecular weight is 394 g/mol. The molecule has 3 N–H and O–H groups in total. The Kier molecular flexibility index (Phi) is 5.20. The van der Waals surface area contributed by atoms with E-state index in [1.54, 1.807) is 0 Å². The van der Waals surface area contributed by atoms with Crippen LogP contribution in [0.3, 0.4) is 0 Å². The first-order valence-electron chi connectivity index (χ1n) is 9.66. The molecule has 2 atom stereocenters. The van der Waals surface area contributed by atoms with Gasteiger partial charge in [-0.05, 0) is 35.1 Å². The summed E-state index contributed by atoms with van der Waals surface area (Å²) >= 11 is 0. The first-order chi connectivity index (χ1) is 14.0. The number of aliphatic carboxylic acids is 1. The Morgan fingerprint density at radius 3 is 2.28 bits per heavy atom. The molecule has 1 aliphatic heterocycles. The van der Waals surface area contributed by atoms with Crippen molar-refractivity contribution in [3.05, 3.63) is 59.7 Å². The number of rotatable bonds is 6. The Balaban J connectivity index is 1.41. The summed E-state index contributed by atoms with van der Waals surface area (Å²) in [5.74, 6) is -1.87. The number of ether oxygens (including phenoxy) is 1. The molecule has 0 spiro atoms. The highest BCUT2D eigenvalue weighted by Crippen LogP contribution is 2.44. The van der Waals surface area contributed by atoms with Crippen LogP contribution in [0.15, 0.2) is 48.5 Å². The van der Waals surface area contributed by atoms with Crippen LogP contribution in [0.1, 0.15) is 29.9 Å². The first-order valence-corrected chi connectivity index (χ1v) is 9.66. The predicted molar refractivity (Wildman–Crippen MR) is 105 cm³/mol. The van der Waals surface area contributed by atoms with Gasteiger partial charge in [0.2, 0.25) is 5.91 Å². The molecule has 1 heterocycles. The van der Waals surface area contributed by atoms with Gasteiger partial charge in [-0.2, -0.15) is 0 Å². The normalized spacial score (nSPS) is 18.5. The summed E-state index contributed by atoms with van der Waals surface area (Å²) in [5.41, 5.74) is 4.40. The van der Waals surface area contributed by atoms with Gasteiger partial charge in [0.25, 0.3) is 0 Å². The van der Waals surface area contributed by atoms with E-state index in [1.807, 2.05) is 48.5 Å². The fraction of sp³-hybridized carbons (Fsp3) is 0.318. The van der Waals surface area contributed by atoms with Crippen LogP contribution in [0, 0.1) is 5.92 Å². The van der Waals surface area contributed by atoms with Gasteiger partial charge in [0.05, 0.1) is 0 Å².